The zero-order valence-corrected chi connectivity index (χ0v) is 15.4. The maximum atomic E-state index is 12.6. The average Bonchev–Trinajstić information content (AvgIpc) is 2.70. The van der Waals surface area contributed by atoms with E-state index >= 15 is 0 Å². The number of para-hydroxylation sites is 1. The summed E-state index contributed by atoms with van der Waals surface area (Å²) < 4.78 is 16.2. The lowest BCUT2D eigenvalue weighted by Crippen LogP contribution is -2.21. The molecule has 0 N–H and O–H groups in total. The number of ether oxygens (including phenoxy) is 3. The summed E-state index contributed by atoms with van der Waals surface area (Å²) in [6, 6.07) is 18.2. The van der Waals surface area contributed by atoms with Crippen LogP contribution in [0.2, 0.25) is 0 Å². The second kappa shape index (κ2) is 9.97. The number of Topliss-reactive ketones (excluding diaryl/α,β-unsaturated/α-hetero) is 1. The summed E-state index contributed by atoms with van der Waals surface area (Å²) in [5.74, 6) is -0.720. The lowest BCUT2D eigenvalue weighted by molar-refractivity contribution is -0.141. The van der Waals surface area contributed by atoms with Crippen molar-refractivity contribution in [2.75, 3.05) is 13.7 Å². The molecular formula is C22H22O5. The molecule has 2 aromatic carbocycles. The van der Waals surface area contributed by atoms with E-state index in [0.29, 0.717) is 5.75 Å². The van der Waals surface area contributed by atoms with Crippen molar-refractivity contribution in [2.45, 2.75) is 13.5 Å². The predicted octanol–water partition coefficient (Wildman–Crippen LogP) is 3.85. The van der Waals surface area contributed by atoms with Crippen LogP contribution in [0, 0.1) is 0 Å². The molecule has 0 bridgehead atoms. The van der Waals surface area contributed by atoms with Crippen molar-refractivity contribution < 1.29 is 23.8 Å². The highest BCUT2D eigenvalue weighted by Gasteiger charge is 2.24. The molecular weight excluding hydrogens is 344 g/mol. The second-order valence-corrected chi connectivity index (χ2v) is 5.78. The minimum atomic E-state index is -0.679. The first kappa shape index (κ1) is 20.0. The Balaban J connectivity index is 2.22. The third-order valence-corrected chi connectivity index (χ3v) is 3.66. The molecule has 5 nitrogen and oxygen atoms in total. The van der Waals surface area contributed by atoms with Gasteiger partial charge in [-0.25, -0.2) is 4.79 Å². The van der Waals surface area contributed by atoms with Gasteiger partial charge in [-0.1, -0.05) is 55.1 Å². The van der Waals surface area contributed by atoms with E-state index in [1.54, 1.807) is 19.1 Å². The van der Waals surface area contributed by atoms with Crippen molar-refractivity contribution in [2.24, 2.45) is 0 Å². The number of carbonyl (C=O) groups is 2. The first-order valence-corrected chi connectivity index (χ1v) is 8.39. The SMILES string of the molecule is C=C(C)C(=O)C(OC)=C(COc1ccccc1)C(=O)OCc1ccccc1. The molecule has 2 aromatic rings. The summed E-state index contributed by atoms with van der Waals surface area (Å²) in [4.78, 5) is 25.0. The first-order valence-electron chi connectivity index (χ1n) is 8.39. The predicted molar refractivity (Wildman–Crippen MR) is 102 cm³/mol. The molecule has 5 heteroatoms. The quantitative estimate of drug-likeness (QED) is 0.383. The van der Waals surface area contributed by atoms with E-state index in [-0.39, 0.29) is 30.1 Å². The number of benzene rings is 2. The standard InChI is InChI=1S/C22H22O5/c1-16(2)20(23)21(25-3)19(15-26-18-12-8-5-9-13-18)22(24)27-14-17-10-6-4-7-11-17/h4-13H,1,14-15H2,2-3H3. The topological polar surface area (TPSA) is 61.8 Å². The van der Waals surface area contributed by atoms with Gasteiger partial charge in [0.2, 0.25) is 5.78 Å². The van der Waals surface area contributed by atoms with Crippen LogP contribution in [0.15, 0.2) is 84.1 Å². The van der Waals surface area contributed by atoms with Crippen LogP contribution in [-0.4, -0.2) is 25.5 Å². The summed E-state index contributed by atoms with van der Waals surface area (Å²) in [5.41, 5.74) is 1.09. The van der Waals surface area contributed by atoms with Crippen molar-refractivity contribution in [3.63, 3.8) is 0 Å². The van der Waals surface area contributed by atoms with Gasteiger partial charge in [-0.05, 0) is 30.2 Å². The van der Waals surface area contributed by atoms with Gasteiger partial charge in [0.25, 0.3) is 0 Å². The third-order valence-electron chi connectivity index (χ3n) is 3.66. The van der Waals surface area contributed by atoms with Gasteiger partial charge < -0.3 is 14.2 Å². The molecule has 0 heterocycles. The van der Waals surface area contributed by atoms with Gasteiger partial charge >= 0.3 is 5.97 Å². The van der Waals surface area contributed by atoms with Crippen molar-refractivity contribution in [1.82, 2.24) is 0 Å². The molecule has 0 amide bonds. The van der Waals surface area contributed by atoms with Crippen LogP contribution in [0.1, 0.15) is 12.5 Å². The molecule has 0 spiro atoms. The van der Waals surface area contributed by atoms with Crippen LogP contribution in [0.25, 0.3) is 0 Å². The zero-order chi connectivity index (χ0) is 19.6. The van der Waals surface area contributed by atoms with E-state index in [1.807, 2.05) is 48.5 Å². The van der Waals surface area contributed by atoms with E-state index in [0.717, 1.165) is 5.56 Å². The lowest BCUT2D eigenvalue weighted by Gasteiger charge is -2.14. The highest BCUT2D eigenvalue weighted by Crippen LogP contribution is 2.17. The molecule has 0 radical (unpaired) electrons. The molecule has 0 aromatic heterocycles. The summed E-state index contributed by atoms with van der Waals surface area (Å²) in [5, 5.41) is 0. The van der Waals surface area contributed by atoms with Crippen molar-refractivity contribution >= 4 is 11.8 Å². The van der Waals surface area contributed by atoms with Crippen LogP contribution in [0.4, 0.5) is 0 Å². The summed E-state index contributed by atoms with van der Waals surface area (Å²) in [6.07, 6.45) is 0. The van der Waals surface area contributed by atoms with E-state index in [4.69, 9.17) is 14.2 Å². The highest BCUT2D eigenvalue weighted by molar-refractivity contribution is 6.10. The number of carbonyl (C=O) groups excluding carboxylic acids is 2. The number of allylic oxidation sites excluding steroid dienone is 1. The molecule has 0 saturated heterocycles. The van der Waals surface area contributed by atoms with Gasteiger partial charge in [0.1, 0.15) is 24.5 Å². The van der Waals surface area contributed by atoms with E-state index < -0.39 is 11.8 Å². The Morgan fingerprint density at radius 2 is 1.56 bits per heavy atom. The number of ketones is 1. The molecule has 2 rings (SSSR count). The van der Waals surface area contributed by atoms with Gasteiger partial charge in [0, 0.05) is 0 Å². The smallest absolute Gasteiger partial charge is 0.341 e. The Morgan fingerprint density at radius 3 is 2.11 bits per heavy atom. The largest absolute Gasteiger partial charge is 0.492 e. The van der Waals surface area contributed by atoms with Crippen molar-refractivity contribution in [1.29, 1.82) is 0 Å². The molecule has 0 aliphatic rings. The van der Waals surface area contributed by atoms with Crippen molar-refractivity contribution in [3.05, 3.63) is 89.7 Å². The second-order valence-electron chi connectivity index (χ2n) is 5.78. The maximum Gasteiger partial charge on any atom is 0.341 e. The van der Waals surface area contributed by atoms with Crippen LogP contribution in [0.3, 0.4) is 0 Å². The number of hydrogen-bond acceptors (Lipinski definition) is 5. The fourth-order valence-electron chi connectivity index (χ4n) is 2.25. The molecule has 0 aliphatic heterocycles. The maximum absolute atomic E-state index is 12.6. The molecule has 0 unspecified atom stereocenters. The zero-order valence-electron chi connectivity index (χ0n) is 15.4. The van der Waals surface area contributed by atoms with Gasteiger partial charge in [-0.15, -0.1) is 0 Å². The normalized spacial score (nSPS) is 11.2. The monoisotopic (exact) mass is 366 g/mol. The Kier molecular flexibility index (Phi) is 7.37. The Labute approximate surface area is 158 Å². The molecule has 0 fully saturated rings. The number of hydrogen-bond donors (Lipinski definition) is 0. The Bertz CT molecular complexity index is 822. The van der Waals surface area contributed by atoms with Gasteiger partial charge in [-0.2, -0.15) is 0 Å². The molecule has 0 aliphatic carbocycles. The van der Waals surface area contributed by atoms with E-state index in [2.05, 4.69) is 6.58 Å². The van der Waals surface area contributed by atoms with Crippen LogP contribution < -0.4 is 4.74 Å². The summed E-state index contributed by atoms with van der Waals surface area (Å²) in [7, 11) is 1.32. The fourth-order valence-corrected chi connectivity index (χ4v) is 2.25. The number of rotatable bonds is 9. The first-order chi connectivity index (χ1) is 13.0. The summed E-state index contributed by atoms with van der Waals surface area (Å²) >= 11 is 0. The van der Waals surface area contributed by atoms with Crippen LogP contribution in [0.5, 0.6) is 5.75 Å². The van der Waals surface area contributed by atoms with Crippen LogP contribution >= 0.6 is 0 Å². The van der Waals surface area contributed by atoms with Gasteiger partial charge in [-0.3, -0.25) is 4.79 Å². The fraction of sp³-hybridized carbons (Fsp3) is 0.182. The molecule has 0 saturated carbocycles. The van der Waals surface area contributed by atoms with E-state index in [9.17, 15) is 9.59 Å². The van der Waals surface area contributed by atoms with Crippen LogP contribution in [-0.2, 0) is 25.7 Å². The third kappa shape index (κ3) is 5.85. The van der Waals surface area contributed by atoms with Crippen molar-refractivity contribution in [3.8, 4) is 5.75 Å². The molecule has 0 atom stereocenters. The highest BCUT2D eigenvalue weighted by atomic mass is 16.5. The average molecular weight is 366 g/mol. The Hall–Kier alpha value is -3.34. The number of methoxy groups -OCH3 is 1. The Morgan fingerprint density at radius 1 is 0.963 bits per heavy atom. The minimum Gasteiger partial charge on any atom is -0.492 e. The minimum absolute atomic E-state index is 0.00489. The van der Waals surface area contributed by atoms with Gasteiger partial charge in [0.15, 0.2) is 5.76 Å². The molecule has 27 heavy (non-hydrogen) atoms. The number of esters is 1. The molecule has 140 valence electrons. The lowest BCUT2D eigenvalue weighted by atomic mass is 10.1. The van der Waals surface area contributed by atoms with E-state index in [1.165, 1.54) is 7.11 Å². The summed E-state index contributed by atoms with van der Waals surface area (Å²) in [6.45, 7) is 5.08. The van der Waals surface area contributed by atoms with Gasteiger partial charge in [0.05, 0.1) is 7.11 Å².